The number of fused-ring (bicyclic) bond motifs is 2. The Balaban J connectivity index is 1.59. The molecule has 29 heavy (non-hydrogen) atoms. The Kier molecular flexibility index (Phi) is 4.39. The minimum absolute atomic E-state index is 0.138. The van der Waals surface area contributed by atoms with Gasteiger partial charge >= 0.3 is 0 Å². The molecule has 1 aliphatic heterocycles. The molecule has 0 radical (unpaired) electrons. The third-order valence-electron chi connectivity index (χ3n) is 5.35. The van der Waals surface area contributed by atoms with Gasteiger partial charge in [-0.05, 0) is 66.3 Å². The fourth-order valence-electron chi connectivity index (χ4n) is 3.85. The van der Waals surface area contributed by atoms with Gasteiger partial charge in [-0.2, -0.15) is 0 Å². The summed E-state index contributed by atoms with van der Waals surface area (Å²) in [5.41, 5.74) is 3.69. The third kappa shape index (κ3) is 3.31. The minimum atomic E-state index is -3.78. The van der Waals surface area contributed by atoms with Gasteiger partial charge in [-0.1, -0.05) is 12.1 Å². The van der Waals surface area contributed by atoms with E-state index in [0.29, 0.717) is 22.1 Å². The van der Waals surface area contributed by atoms with Gasteiger partial charge in [0.25, 0.3) is 10.0 Å². The van der Waals surface area contributed by atoms with E-state index >= 15 is 0 Å². The quantitative estimate of drug-likeness (QED) is 0.644. The van der Waals surface area contributed by atoms with E-state index < -0.39 is 10.0 Å². The molecular formula is C22H20N2O4S. The van der Waals surface area contributed by atoms with Crippen LogP contribution in [0.25, 0.3) is 0 Å². The molecule has 0 atom stereocenters. The molecule has 2 aromatic carbocycles. The van der Waals surface area contributed by atoms with Crippen molar-refractivity contribution < 1.29 is 17.9 Å². The standard InChI is InChI=1S/C22H20N2O4S/c25-29(26,20-8-6-17-4-1-5-18(17)11-20)24(14-16-3-2-10-23-13-16)19-7-9-21-22(12-19)28-15-27-21/h2-3,6-13H,1,4-5,14-15H2. The summed E-state index contributed by atoms with van der Waals surface area (Å²) >= 11 is 0. The van der Waals surface area contributed by atoms with Gasteiger partial charge in [-0.25, -0.2) is 8.42 Å². The number of anilines is 1. The highest BCUT2D eigenvalue weighted by Crippen LogP contribution is 2.38. The topological polar surface area (TPSA) is 68.7 Å². The fraction of sp³-hybridized carbons (Fsp3) is 0.227. The molecule has 3 aromatic rings. The van der Waals surface area contributed by atoms with Crippen molar-refractivity contribution in [3.63, 3.8) is 0 Å². The fourth-order valence-corrected chi connectivity index (χ4v) is 5.34. The molecule has 0 spiro atoms. The van der Waals surface area contributed by atoms with E-state index in [1.165, 1.54) is 9.87 Å². The van der Waals surface area contributed by atoms with Crippen molar-refractivity contribution in [1.82, 2.24) is 4.98 Å². The number of aromatic nitrogens is 1. The summed E-state index contributed by atoms with van der Waals surface area (Å²) in [6.07, 6.45) is 6.35. The molecule has 0 unspecified atom stereocenters. The van der Waals surface area contributed by atoms with Gasteiger partial charge in [0.15, 0.2) is 11.5 Å². The van der Waals surface area contributed by atoms with E-state index in [1.54, 1.807) is 42.7 Å². The molecule has 0 fully saturated rings. The lowest BCUT2D eigenvalue weighted by molar-refractivity contribution is 0.174. The van der Waals surface area contributed by atoms with E-state index in [9.17, 15) is 8.42 Å². The first-order valence-corrected chi connectivity index (χ1v) is 11.0. The van der Waals surface area contributed by atoms with Gasteiger partial charge in [-0.3, -0.25) is 9.29 Å². The Bertz CT molecular complexity index is 1160. The molecule has 6 nitrogen and oxygen atoms in total. The maximum atomic E-state index is 13.7. The first-order valence-electron chi connectivity index (χ1n) is 9.54. The zero-order valence-corrected chi connectivity index (χ0v) is 16.6. The number of ether oxygens (including phenoxy) is 2. The Morgan fingerprint density at radius 2 is 1.83 bits per heavy atom. The minimum Gasteiger partial charge on any atom is -0.454 e. The van der Waals surface area contributed by atoms with Crippen molar-refractivity contribution in [3.05, 3.63) is 77.6 Å². The van der Waals surface area contributed by atoms with Crippen LogP contribution in [0.4, 0.5) is 5.69 Å². The average Bonchev–Trinajstić information content (AvgIpc) is 3.40. The zero-order chi connectivity index (χ0) is 19.8. The Labute approximate surface area is 169 Å². The second kappa shape index (κ2) is 7.08. The van der Waals surface area contributed by atoms with Gasteiger partial charge in [0.2, 0.25) is 6.79 Å². The Morgan fingerprint density at radius 1 is 0.966 bits per heavy atom. The zero-order valence-electron chi connectivity index (χ0n) is 15.7. The Morgan fingerprint density at radius 3 is 2.69 bits per heavy atom. The number of hydrogen-bond donors (Lipinski definition) is 0. The molecule has 0 saturated carbocycles. The summed E-state index contributed by atoms with van der Waals surface area (Å²) in [5.74, 6) is 1.16. The number of benzene rings is 2. The smallest absolute Gasteiger partial charge is 0.264 e. The predicted molar refractivity (Wildman–Crippen MR) is 109 cm³/mol. The van der Waals surface area contributed by atoms with Gasteiger partial charge in [0.1, 0.15) is 0 Å². The van der Waals surface area contributed by atoms with Crippen molar-refractivity contribution >= 4 is 15.7 Å². The van der Waals surface area contributed by atoms with Gasteiger partial charge in [0, 0.05) is 18.5 Å². The SMILES string of the molecule is O=S(=O)(c1ccc2c(c1)CCC2)N(Cc1cccnc1)c1ccc2c(c1)OCO2. The normalized spacial score (nSPS) is 14.6. The van der Waals surface area contributed by atoms with E-state index in [1.807, 2.05) is 18.2 Å². The molecule has 1 aliphatic carbocycles. The molecule has 0 amide bonds. The van der Waals surface area contributed by atoms with Crippen LogP contribution in [0.15, 0.2) is 65.8 Å². The molecule has 148 valence electrons. The van der Waals surface area contributed by atoms with Crippen molar-refractivity contribution in [2.24, 2.45) is 0 Å². The molecule has 7 heteroatoms. The molecule has 5 rings (SSSR count). The van der Waals surface area contributed by atoms with Crippen molar-refractivity contribution in [1.29, 1.82) is 0 Å². The van der Waals surface area contributed by atoms with Crippen molar-refractivity contribution in [3.8, 4) is 11.5 Å². The molecule has 0 saturated heterocycles. The van der Waals surface area contributed by atoms with Crippen LogP contribution >= 0.6 is 0 Å². The summed E-state index contributed by atoms with van der Waals surface area (Å²) in [6.45, 7) is 0.311. The van der Waals surface area contributed by atoms with Crippen LogP contribution < -0.4 is 13.8 Å². The molecule has 0 N–H and O–H groups in total. The van der Waals surface area contributed by atoms with Gasteiger partial charge in [0.05, 0.1) is 17.1 Å². The number of nitrogens with zero attached hydrogens (tertiary/aromatic N) is 2. The lowest BCUT2D eigenvalue weighted by Crippen LogP contribution is -2.30. The number of aryl methyl sites for hydroxylation is 2. The highest BCUT2D eigenvalue weighted by molar-refractivity contribution is 7.92. The summed E-state index contributed by atoms with van der Waals surface area (Å²) < 4.78 is 39.6. The number of sulfonamides is 1. The highest BCUT2D eigenvalue weighted by atomic mass is 32.2. The van der Waals surface area contributed by atoms with E-state index in [-0.39, 0.29) is 13.3 Å². The summed E-state index contributed by atoms with van der Waals surface area (Å²) in [5, 5.41) is 0. The monoisotopic (exact) mass is 408 g/mol. The lowest BCUT2D eigenvalue weighted by Gasteiger charge is -2.25. The number of pyridine rings is 1. The molecule has 2 aliphatic rings. The number of rotatable bonds is 5. The Hall–Kier alpha value is -3.06. The van der Waals surface area contributed by atoms with E-state index in [2.05, 4.69) is 4.98 Å². The molecular weight excluding hydrogens is 388 g/mol. The van der Waals surface area contributed by atoms with Crippen LogP contribution in [-0.2, 0) is 29.4 Å². The second-order valence-electron chi connectivity index (χ2n) is 7.19. The van der Waals surface area contributed by atoms with Crippen molar-refractivity contribution in [2.45, 2.75) is 30.7 Å². The predicted octanol–water partition coefficient (Wildman–Crippen LogP) is 3.69. The van der Waals surface area contributed by atoms with Gasteiger partial charge < -0.3 is 9.47 Å². The largest absolute Gasteiger partial charge is 0.454 e. The van der Waals surface area contributed by atoms with Crippen LogP contribution in [-0.4, -0.2) is 20.2 Å². The summed E-state index contributed by atoms with van der Waals surface area (Å²) in [6, 6.07) is 14.3. The molecule has 2 heterocycles. The lowest BCUT2D eigenvalue weighted by atomic mass is 10.1. The molecule has 1 aromatic heterocycles. The van der Waals surface area contributed by atoms with E-state index in [0.717, 1.165) is 30.4 Å². The van der Waals surface area contributed by atoms with Crippen LogP contribution in [0.3, 0.4) is 0 Å². The molecule has 0 bridgehead atoms. The third-order valence-corrected chi connectivity index (χ3v) is 7.12. The van der Waals surface area contributed by atoms with Crippen LogP contribution in [0.5, 0.6) is 11.5 Å². The highest BCUT2D eigenvalue weighted by Gasteiger charge is 2.28. The second-order valence-corrected chi connectivity index (χ2v) is 9.06. The maximum absolute atomic E-state index is 13.7. The van der Waals surface area contributed by atoms with Gasteiger partial charge in [-0.15, -0.1) is 0 Å². The first-order chi connectivity index (χ1) is 14.1. The average molecular weight is 408 g/mol. The summed E-state index contributed by atoms with van der Waals surface area (Å²) in [7, 11) is -3.78. The van der Waals surface area contributed by atoms with Crippen molar-refractivity contribution in [2.75, 3.05) is 11.1 Å². The maximum Gasteiger partial charge on any atom is 0.264 e. The van der Waals surface area contributed by atoms with Crippen LogP contribution in [0, 0.1) is 0 Å². The number of hydrogen-bond acceptors (Lipinski definition) is 5. The van der Waals surface area contributed by atoms with Crippen LogP contribution in [0.2, 0.25) is 0 Å². The first kappa shape index (κ1) is 18.0. The van der Waals surface area contributed by atoms with Crippen LogP contribution in [0.1, 0.15) is 23.1 Å². The van der Waals surface area contributed by atoms with E-state index in [4.69, 9.17) is 9.47 Å². The summed E-state index contributed by atoms with van der Waals surface area (Å²) in [4.78, 5) is 4.43.